The second-order valence-electron chi connectivity index (χ2n) is 3.53. The zero-order valence-corrected chi connectivity index (χ0v) is 11.7. The van der Waals surface area contributed by atoms with Gasteiger partial charge >= 0.3 is 0 Å². The molecular weight excluding hydrogens is 221 g/mol. The van der Waals surface area contributed by atoms with E-state index in [4.69, 9.17) is 0 Å². The fourth-order valence-electron chi connectivity index (χ4n) is 0.860. The molecule has 0 nitrogen and oxygen atoms in total. The summed E-state index contributed by atoms with van der Waals surface area (Å²) in [5.74, 6) is 0. The molecule has 0 saturated carbocycles. The Labute approximate surface area is 93.9 Å². The van der Waals surface area contributed by atoms with Gasteiger partial charge in [-0.1, -0.05) is 20.8 Å². The molecule has 0 spiro atoms. The monoisotopic (exact) mass is 233 g/mol. The molecule has 12 heavy (non-hydrogen) atoms. The van der Waals surface area contributed by atoms with Gasteiger partial charge in [-0.25, -0.2) is 0 Å². The van der Waals surface area contributed by atoms with Crippen LogP contribution in [0.25, 0.3) is 0 Å². The van der Waals surface area contributed by atoms with Gasteiger partial charge in [0.05, 0.1) is 0 Å². The Bertz CT molecular complexity index is 201. The van der Waals surface area contributed by atoms with Gasteiger partial charge in [0.25, 0.3) is 0 Å². The summed E-state index contributed by atoms with van der Waals surface area (Å²) in [6.07, 6.45) is 0. The molecule has 1 aromatic carbocycles. The van der Waals surface area contributed by atoms with Gasteiger partial charge in [0.15, 0.2) is 0 Å². The van der Waals surface area contributed by atoms with E-state index in [0.29, 0.717) is 0 Å². The number of hydrogen-bond acceptors (Lipinski definition) is 0. The topological polar surface area (TPSA) is 0 Å². The van der Waals surface area contributed by atoms with E-state index < -0.39 is 0 Å². The van der Waals surface area contributed by atoms with Crippen molar-refractivity contribution < 1.29 is 19.5 Å². The van der Waals surface area contributed by atoms with E-state index in [1.54, 1.807) is 0 Å². The van der Waals surface area contributed by atoms with Crippen LogP contribution in [0.15, 0.2) is 24.3 Å². The minimum absolute atomic E-state index is 0. The fourth-order valence-corrected chi connectivity index (χ4v) is 0.860. The minimum Gasteiger partial charge on any atom is -0.180 e. The molecule has 0 amide bonds. The Kier molecular flexibility index (Phi) is 6.99. The summed E-state index contributed by atoms with van der Waals surface area (Å²) in [5.41, 5.74) is 1.51. The molecular formula is C10H14ClZn-. The Balaban J connectivity index is 0. The van der Waals surface area contributed by atoms with Gasteiger partial charge in [0, 0.05) is 19.5 Å². The van der Waals surface area contributed by atoms with E-state index >= 15 is 0 Å². The van der Waals surface area contributed by atoms with E-state index in [1.807, 2.05) is 12.1 Å². The molecule has 0 radical (unpaired) electrons. The normalized spacial score (nSPS) is 9.58. The maximum atomic E-state index is 3.21. The van der Waals surface area contributed by atoms with Crippen molar-refractivity contribution in [3.8, 4) is 0 Å². The number of benzene rings is 1. The van der Waals surface area contributed by atoms with Crippen molar-refractivity contribution in [2.45, 2.75) is 26.2 Å². The van der Waals surface area contributed by atoms with Gasteiger partial charge in [0.2, 0.25) is 0 Å². The molecule has 0 bridgehead atoms. The van der Waals surface area contributed by atoms with Crippen LogP contribution in [-0.4, -0.2) is 0 Å². The standard InChI is InChI=1S/C10H13.ClH.Zn/c1-10(2,3)9-7-5-4-6-8-9;;/h4-7H,1-3H3;1H;/q-1;;. The summed E-state index contributed by atoms with van der Waals surface area (Å²) < 4.78 is 0. The molecule has 0 saturated heterocycles. The summed E-state index contributed by atoms with van der Waals surface area (Å²) in [6.45, 7) is 6.58. The van der Waals surface area contributed by atoms with Gasteiger partial charge in [-0.2, -0.15) is 35.9 Å². The van der Waals surface area contributed by atoms with Crippen molar-refractivity contribution in [3.05, 3.63) is 35.9 Å². The summed E-state index contributed by atoms with van der Waals surface area (Å²) in [7, 11) is 0. The molecule has 1 rings (SSSR count). The first-order valence-electron chi connectivity index (χ1n) is 3.58. The molecule has 0 fully saturated rings. The largest absolute Gasteiger partial charge is 0.180 e. The smallest absolute Gasteiger partial charge is 0 e. The molecule has 0 heterocycles. The SMILES string of the molecule is CC(C)(C)c1[c-]cccc1.Cl.[Zn]. The maximum Gasteiger partial charge on any atom is 0 e. The number of rotatable bonds is 0. The van der Waals surface area contributed by atoms with Crippen molar-refractivity contribution >= 4 is 12.4 Å². The third kappa shape index (κ3) is 4.23. The van der Waals surface area contributed by atoms with Crippen LogP contribution in [0.3, 0.4) is 0 Å². The molecule has 0 aromatic heterocycles. The van der Waals surface area contributed by atoms with E-state index in [-0.39, 0.29) is 37.3 Å². The Hall–Kier alpha value is 0.133. The predicted octanol–water partition coefficient (Wildman–Crippen LogP) is 3.20. The van der Waals surface area contributed by atoms with Crippen molar-refractivity contribution in [2.24, 2.45) is 0 Å². The summed E-state index contributed by atoms with van der Waals surface area (Å²) in [6, 6.07) is 11.3. The van der Waals surface area contributed by atoms with Crippen LogP contribution in [0, 0.1) is 6.07 Å². The first kappa shape index (κ1) is 14.6. The van der Waals surface area contributed by atoms with Crippen molar-refractivity contribution in [1.82, 2.24) is 0 Å². The van der Waals surface area contributed by atoms with Gasteiger partial charge in [0.1, 0.15) is 0 Å². The zero-order valence-electron chi connectivity index (χ0n) is 7.92. The average Bonchev–Trinajstić information content (AvgIpc) is 1.88. The molecule has 0 atom stereocenters. The predicted molar refractivity (Wildman–Crippen MR) is 51.2 cm³/mol. The first-order chi connectivity index (χ1) is 4.61. The minimum atomic E-state index is 0. The molecule has 0 N–H and O–H groups in total. The molecule has 0 aliphatic heterocycles. The van der Waals surface area contributed by atoms with Crippen LogP contribution < -0.4 is 0 Å². The summed E-state index contributed by atoms with van der Waals surface area (Å²) >= 11 is 0. The second-order valence-corrected chi connectivity index (χ2v) is 3.53. The van der Waals surface area contributed by atoms with E-state index in [1.165, 1.54) is 5.56 Å². The zero-order chi connectivity index (χ0) is 7.61. The van der Waals surface area contributed by atoms with Crippen molar-refractivity contribution in [3.63, 3.8) is 0 Å². The third-order valence-electron chi connectivity index (χ3n) is 1.52. The molecule has 0 aliphatic rings. The Morgan fingerprint density at radius 2 is 1.75 bits per heavy atom. The molecule has 0 aliphatic carbocycles. The Morgan fingerprint density at radius 1 is 1.17 bits per heavy atom. The first-order valence-corrected chi connectivity index (χ1v) is 3.58. The quantitative estimate of drug-likeness (QED) is 0.478. The third-order valence-corrected chi connectivity index (χ3v) is 1.52. The maximum absolute atomic E-state index is 3.21. The van der Waals surface area contributed by atoms with Crippen LogP contribution in [0.1, 0.15) is 26.3 Å². The molecule has 0 unspecified atom stereocenters. The number of halogens is 1. The van der Waals surface area contributed by atoms with Gasteiger partial charge in [-0.15, -0.1) is 12.4 Å². The van der Waals surface area contributed by atoms with Gasteiger partial charge < -0.3 is 0 Å². The van der Waals surface area contributed by atoms with Gasteiger partial charge in [-0.3, -0.25) is 0 Å². The van der Waals surface area contributed by atoms with Crippen LogP contribution >= 0.6 is 12.4 Å². The van der Waals surface area contributed by atoms with E-state index in [2.05, 4.69) is 39.0 Å². The van der Waals surface area contributed by atoms with Crippen LogP contribution in [-0.2, 0) is 24.9 Å². The van der Waals surface area contributed by atoms with Crippen molar-refractivity contribution in [1.29, 1.82) is 0 Å². The molecule has 64 valence electrons. The van der Waals surface area contributed by atoms with Crippen LogP contribution in [0.5, 0.6) is 0 Å². The molecule has 2 heteroatoms. The average molecular weight is 235 g/mol. The van der Waals surface area contributed by atoms with Crippen LogP contribution in [0.4, 0.5) is 0 Å². The van der Waals surface area contributed by atoms with Crippen molar-refractivity contribution in [2.75, 3.05) is 0 Å². The number of hydrogen-bond donors (Lipinski definition) is 0. The molecule has 1 aromatic rings. The fraction of sp³-hybridized carbons (Fsp3) is 0.400. The Morgan fingerprint density at radius 3 is 2.00 bits per heavy atom. The summed E-state index contributed by atoms with van der Waals surface area (Å²) in [4.78, 5) is 0. The van der Waals surface area contributed by atoms with Gasteiger partial charge in [-0.05, 0) is 5.41 Å². The van der Waals surface area contributed by atoms with E-state index in [0.717, 1.165) is 0 Å². The van der Waals surface area contributed by atoms with Crippen LogP contribution in [0.2, 0.25) is 0 Å². The second kappa shape index (κ2) is 5.72. The van der Waals surface area contributed by atoms with E-state index in [9.17, 15) is 0 Å². The summed E-state index contributed by atoms with van der Waals surface area (Å²) in [5, 5.41) is 0.